The lowest BCUT2D eigenvalue weighted by Gasteiger charge is -2.09. The molecule has 0 aliphatic carbocycles. The van der Waals surface area contributed by atoms with Gasteiger partial charge in [0.15, 0.2) is 0 Å². The van der Waals surface area contributed by atoms with Gasteiger partial charge in [-0.2, -0.15) is 0 Å². The van der Waals surface area contributed by atoms with E-state index >= 15 is 0 Å². The smallest absolute Gasteiger partial charge is 0.255 e. The Hall–Kier alpha value is -1.81. The number of halogens is 1. The zero-order valence-corrected chi connectivity index (χ0v) is 12.4. The lowest BCUT2D eigenvalue weighted by atomic mass is 10.1. The van der Waals surface area contributed by atoms with Gasteiger partial charge in [0.1, 0.15) is 0 Å². The van der Waals surface area contributed by atoms with Gasteiger partial charge < -0.3 is 11.1 Å². The first kappa shape index (κ1) is 13.6. The lowest BCUT2D eigenvalue weighted by molar-refractivity contribution is 0.102. The summed E-state index contributed by atoms with van der Waals surface area (Å²) in [5.41, 5.74) is 9.78. The summed E-state index contributed by atoms with van der Waals surface area (Å²) in [4.78, 5) is 12.2. The Morgan fingerprint density at radius 1 is 1.11 bits per heavy atom. The van der Waals surface area contributed by atoms with Crippen molar-refractivity contribution in [2.75, 3.05) is 11.1 Å². The summed E-state index contributed by atoms with van der Waals surface area (Å²) in [5.74, 6) is -0.167. The minimum Gasteiger partial charge on any atom is -0.397 e. The first-order valence-corrected chi connectivity index (χ1v) is 6.69. The highest BCUT2D eigenvalue weighted by molar-refractivity contribution is 9.10. The van der Waals surface area contributed by atoms with Gasteiger partial charge in [-0.05, 0) is 55.3 Å². The monoisotopic (exact) mass is 318 g/mol. The number of nitrogens with two attached hydrogens (primary N) is 1. The third-order valence-electron chi connectivity index (χ3n) is 2.76. The summed E-state index contributed by atoms with van der Waals surface area (Å²) in [6.45, 7) is 3.90. The number of amides is 1. The van der Waals surface area contributed by atoms with Crippen molar-refractivity contribution in [2.24, 2.45) is 0 Å². The molecule has 0 saturated heterocycles. The number of hydrogen-bond donors (Lipinski definition) is 2. The summed E-state index contributed by atoms with van der Waals surface area (Å²) in [6.07, 6.45) is 0. The molecule has 0 fully saturated rings. The van der Waals surface area contributed by atoms with E-state index in [9.17, 15) is 4.79 Å². The van der Waals surface area contributed by atoms with Crippen LogP contribution in [0.15, 0.2) is 40.9 Å². The fourth-order valence-corrected chi connectivity index (χ4v) is 2.47. The summed E-state index contributed by atoms with van der Waals surface area (Å²) >= 11 is 3.39. The number of carbonyl (C=O) groups is 1. The van der Waals surface area contributed by atoms with Crippen LogP contribution in [0, 0.1) is 13.8 Å². The van der Waals surface area contributed by atoms with Gasteiger partial charge in [-0.15, -0.1) is 0 Å². The van der Waals surface area contributed by atoms with E-state index in [2.05, 4.69) is 21.2 Å². The van der Waals surface area contributed by atoms with Crippen LogP contribution in [0.4, 0.5) is 11.4 Å². The van der Waals surface area contributed by atoms with Crippen molar-refractivity contribution in [2.45, 2.75) is 13.8 Å². The van der Waals surface area contributed by atoms with Crippen molar-refractivity contribution < 1.29 is 4.79 Å². The largest absolute Gasteiger partial charge is 0.397 e. The lowest BCUT2D eigenvalue weighted by Crippen LogP contribution is -2.13. The van der Waals surface area contributed by atoms with Crippen LogP contribution in [0.1, 0.15) is 21.5 Å². The number of nitrogen functional groups attached to an aromatic ring is 1. The molecule has 0 unspecified atom stereocenters. The summed E-state index contributed by atoms with van der Waals surface area (Å²) in [7, 11) is 0. The molecule has 0 bridgehead atoms. The predicted molar refractivity (Wildman–Crippen MR) is 82.4 cm³/mol. The van der Waals surface area contributed by atoms with E-state index in [1.54, 1.807) is 6.07 Å². The van der Waals surface area contributed by atoms with Gasteiger partial charge in [-0.25, -0.2) is 0 Å². The Labute approximate surface area is 121 Å². The topological polar surface area (TPSA) is 55.1 Å². The third kappa shape index (κ3) is 3.35. The highest BCUT2D eigenvalue weighted by atomic mass is 79.9. The molecule has 2 aromatic rings. The van der Waals surface area contributed by atoms with E-state index in [1.807, 2.05) is 44.2 Å². The molecule has 0 spiro atoms. The zero-order valence-electron chi connectivity index (χ0n) is 10.8. The van der Waals surface area contributed by atoms with Crippen LogP contribution in [-0.2, 0) is 0 Å². The quantitative estimate of drug-likeness (QED) is 0.825. The summed E-state index contributed by atoms with van der Waals surface area (Å²) < 4.78 is 0.884. The number of benzene rings is 2. The van der Waals surface area contributed by atoms with Crippen molar-refractivity contribution in [3.63, 3.8) is 0 Å². The highest BCUT2D eigenvalue weighted by Crippen LogP contribution is 2.21. The average Bonchev–Trinajstić information content (AvgIpc) is 2.31. The van der Waals surface area contributed by atoms with Crippen molar-refractivity contribution in [1.82, 2.24) is 0 Å². The molecular formula is C15H15BrN2O. The Bertz CT molecular complexity index is 618. The van der Waals surface area contributed by atoms with Gasteiger partial charge in [0.2, 0.25) is 0 Å². The molecule has 2 rings (SSSR count). The Kier molecular flexibility index (Phi) is 3.90. The number of carbonyl (C=O) groups excluding carboxylic acids is 1. The molecule has 1 amide bonds. The fourth-order valence-electron chi connectivity index (χ4n) is 1.86. The van der Waals surface area contributed by atoms with Crippen LogP contribution in [0.5, 0.6) is 0 Å². The van der Waals surface area contributed by atoms with Crippen LogP contribution in [-0.4, -0.2) is 5.91 Å². The van der Waals surface area contributed by atoms with E-state index in [1.165, 1.54) is 0 Å². The minimum absolute atomic E-state index is 0.167. The normalized spacial score (nSPS) is 10.3. The molecule has 98 valence electrons. The molecule has 0 saturated carbocycles. The fraction of sp³-hybridized carbons (Fsp3) is 0.133. The molecule has 3 nitrogen and oxygen atoms in total. The molecule has 2 aromatic carbocycles. The van der Waals surface area contributed by atoms with E-state index in [4.69, 9.17) is 5.73 Å². The second-order valence-electron chi connectivity index (χ2n) is 4.56. The Balaban J connectivity index is 2.25. The van der Waals surface area contributed by atoms with Crippen molar-refractivity contribution in [1.29, 1.82) is 0 Å². The van der Waals surface area contributed by atoms with Crippen molar-refractivity contribution >= 4 is 33.2 Å². The van der Waals surface area contributed by atoms with E-state index in [0.717, 1.165) is 15.6 Å². The van der Waals surface area contributed by atoms with Gasteiger partial charge in [0.25, 0.3) is 5.91 Å². The van der Waals surface area contributed by atoms with Gasteiger partial charge in [-0.3, -0.25) is 4.79 Å². The minimum atomic E-state index is -0.167. The summed E-state index contributed by atoms with van der Waals surface area (Å²) in [5, 5.41) is 2.82. The molecule has 0 radical (unpaired) electrons. The molecule has 0 aromatic heterocycles. The number of hydrogen-bond acceptors (Lipinski definition) is 2. The average molecular weight is 319 g/mol. The van der Waals surface area contributed by atoms with Crippen LogP contribution < -0.4 is 11.1 Å². The molecule has 0 atom stereocenters. The predicted octanol–water partition coefficient (Wildman–Crippen LogP) is 3.90. The van der Waals surface area contributed by atoms with Gasteiger partial charge in [0, 0.05) is 10.0 Å². The van der Waals surface area contributed by atoms with E-state index in [0.29, 0.717) is 16.9 Å². The highest BCUT2D eigenvalue weighted by Gasteiger charge is 2.09. The molecule has 0 heterocycles. The van der Waals surface area contributed by atoms with Gasteiger partial charge in [-0.1, -0.05) is 22.0 Å². The van der Waals surface area contributed by atoms with Crippen molar-refractivity contribution in [3.05, 3.63) is 57.6 Å². The second-order valence-corrected chi connectivity index (χ2v) is 5.48. The molecule has 3 N–H and O–H groups in total. The molecular weight excluding hydrogens is 304 g/mol. The maximum Gasteiger partial charge on any atom is 0.255 e. The Morgan fingerprint density at radius 3 is 2.47 bits per heavy atom. The number of aryl methyl sites for hydroxylation is 2. The first-order chi connectivity index (χ1) is 8.95. The standard InChI is InChI=1S/C15H15BrN2O/c1-9-3-4-14(13(17)7-9)18-15(19)11-5-10(2)6-12(16)8-11/h3-8H,17H2,1-2H3,(H,18,19). The molecule has 0 aliphatic heterocycles. The third-order valence-corrected chi connectivity index (χ3v) is 3.22. The summed E-state index contributed by atoms with van der Waals surface area (Å²) in [6, 6.07) is 11.1. The first-order valence-electron chi connectivity index (χ1n) is 5.90. The van der Waals surface area contributed by atoms with Crippen LogP contribution in [0.25, 0.3) is 0 Å². The van der Waals surface area contributed by atoms with E-state index in [-0.39, 0.29) is 5.91 Å². The Morgan fingerprint density at radius 2 is 1.84 bits per heavy atom. The van der Waals surface area contributed by atoms with Crippen LogP contribution in [0.3, 0.4) is 0 Å². The molecule has 4 heteroatoms. The van der Waals surface area contributed by atoms with Crippen LogP contribution >= 0.6 is 15.9 Å². The van der Waals surface area contributed by atoms with Crippen molar-refractivity contribution in [3.8, 4) is 0 Å². The van der Waals surface area contributed by atoms with Gasteiger partial charge >= 0.3 is 0 Å². The van der Waals surface area contributed by atoms with E-state index < -0.39 is 0 Å². The number of anilines is 2. The number of nitrogens with one attached hydrogen (secondary N) is 1. The maximum atomic E-state index is 12.2. The van der Waals surface area contributed by atoms with Crippen LogP contribution in [0.2, 0.25) is 0 Å². The molecule has 19 heavy (non-hydrogen) atoms. The molecule has 0 aliphatic rings. The van der Waals surface area contributed by atoms with Gasteiger partial charge in [0.05, 0.1) is 11.4 Å². The number of rotatable bonds is 2. The maximum absolute atomic E-state index is 12.2. The SMILES string of the molecule is Cc1cc(Br)cc(C(=O)Nc2ccc(C)cc2N)c1. The zero-order chi connectivity index (χ0) is 14.0. The second kappa shape index (κ2) is 5.45.